The molecule has 0 saturated carbocycles. The highest BCUT2D eigenvalue weighted by Gasteiger charge is 2.20. The van der Waals surface area contributed by atoms with Crippen molar-refractivity contribution in [1.82, 2.24) is 14.8 Å². The van der Waals surface area contributed by atoms with Gasteiger partial charge in [-0.3, -0.25) is 0 Å². The van der Waals surface area contributed by atoms with E-state index in [1.165, 1.54) is 0 Å². The molecule has 1 aliphatic rings. The van der Waals surface area contributed by atoms with Gasteiger partial charge in [0, 0.05) is 25.7 Å². The maximum Gasteiger partial charge on any atom is 0.136 e. The molecule has 1 fully saturated rings. The second-order valence-corrected chi connectivity index (χ2v) is 3.36. The van der Waals surface area contributed by atoms with Gasteiger partial charge in [0.2, 0.25) is 0 Å². The molecule has 1 aliphatic heterocycles. The Morgan fingerprint density at radius 1 is 1.54 bits per heavy atom. The quantitative estimate of drug-likeness (QED) is 0.688. The van der Waals surface area contributed by atoms with Gasteiger partial charge in [-0.15, -0.1) is 10.2 Å². The fourth-order valence-electron chi connectivity index (χ4n) is 1.78. The normalized spacial score (nSPS) is 19.2. The standard InChI is InChI=1S/C9H15N3O/c1-2-12-7-10-11-9(12)8-3-5-13-6-4-8/h7-8H,2-6H2,1H3. The summed E-state index contributed by atoms with van der Waals surface area (Å²) in [5.41, 5.74) is 0. The van der Waals surface area contributed by atoms with E-state index in [1.807, 2.05) is 6.33 Å². The zero-order valence-corrected chi connectivity index (χ0v) is 7.94. The van der Waals surface area contributed by atoms with Crippen molar-refractivity contribution in [2.75, 3.05) is 13.2 Å². The van der Waals surface area contributed by atoms with Gasteiger partial charge in [0.1, 0.15) is 12.2 Å². The van der Waals surface area contributed by atoms with Crippen LogP contribution >= 0.6 is 0 Å². The largest absolute Gasteiger partial charge is 0.381 e. The number of nitrogens with zero attached hydrogens (tertiary/aromatic N) is 3. The van der Waals surface area contributed by atoms with E-state index in [1.54, 1.807) is 0 Å². The molecular weight excluding hydrogens is 166 g/mol. The first-order chi connectivity index (χ1) is 6.42. The Morgan fingerprint density at radius 3 is 3.00 bits per heavy atom. The molecule has 0 unspecified atom stereocenters. The molecule has 1 aromatic rings. The first-order valence-corrected chi connectivity index (χ1v) is 4.87. The Hall–Kier alpha value is -0.900. The molecule has 4 nitrogen and oxygen atoms in total. The second-order valence-electron chi connectivity index (χ2n) is 3.36. The Morgan fingerprint density at radius 2 is 2.31 bits per heavy atom. The molecule has 1 aromatic heterocycles. The lowest BCUT2D eigenvalue weighted by atomic mass is 9.99. The summed E-state index contributed by atoms with van der Waals surface area (Å²) in [7, 11) is 0. The van der Waals surface area contributed by atoms with Gasteiger partial charge in [0.05, 0.1) is 0 Å². The summed E-state index contributed by atoms with van der Waals surface area (Å²) in [5.74, 6) is 1.68. The van der Waals surface area contributed by atoms with E-state index in [0.717, 1.165) is 38.4 Å². The molecule has 2 rings (SSSR count). The van der Waals surface area contributed by atoms with Crippen LogP contribution in [0.15, 0.2) is 6.33 Å². The highest BCUT2D eigenvalue weighted by atomic mass is 16.5. The first-order valence-electron chi connectivity index (χ1n) is 4.87. The molecule has 1 saturated heterocycles. The van der Waals surface area contributed by atoms with Crippen molar-refractivity contribution in [1.29, 1.82) is 0 Å². The molecule has 0 amide bonds. The number of hydrogen-bond donors (Lipinski definition) is 0. The van der Waals surface area contributed by atoms with Crippen molar-refractivity contribution in [3.05, 3.63) is 12.2 Å². The molecule has 0 spiro atoms. The van der Waals surface area contributed by atoms with E-state index >= 15 is 0 Å². The van der Waals surface area contributed by atoms with Crippen molar-refractivity contribution < 1.29 is 4.74 Å². The lowest BCUT2D eigenvalue weighted by Gasteiger charge is -2.21. The minimum atomic E-state index is 0.552. The molecule has 2 heterocycles. The monoisotopic (exact) mass is 181 g/mol. The molecule has 13 heavy (non-hydrogen) atoms. The second kappa shape index (κ2) is 3.87. The van der Waals surface area contributed by atoms with Gasteiger partial charge in [-0.2, -0.15) is 0 Å². The number of aromatic nitrogens is 3. The smallest absolute Gasteiger partial charge is 0.136 e. The van der Waals surface area contributed by atoms with Crippen LogP contribution in [-0.4, -0.2) is 28.0 Å². The summed E-state index contributed by atoms with van der Waals surface area (Å²) in [6, 6.07) is 0. The van der Waals surface area contributed by atoms with Crippen LogP contribution < -0.4 is 0 Å². The molecule has 72 valence electrons. The Kier molecular flexibility index (Phi) is 2.59. The van der Waals surface area contributed by atoms with Crippen molar-refractivity contribution in [3.8, 4) is 0 Å². The molecule has 0 aromatic carbocycles. The van der Waals surface area contributed by atoms with E-state index in [0.29, 0.717) is 5.92 Å². The van der Waals surface area contributed by atoms with Crippen LogP contribution in [0.5, 0.6) is 0 Å². The molecule has 4 heteroatoms. The van der Waals surface area contributed by atoms with Gasteiger partial charge in [-0.1, -0.05) is 0 Å². The minimum Gasteiger partial charge on any atom is -0.381 e. The summed E-state index contributed by atoms with van der Waals surface area (Å²) in [5, 5.41) is 8.11. The van der Waals surface area contributed by atoms with Gasteiger partial charge in [0.25, 0.3) is 0 Å². The van der Waals surface area contributed by atoms with Crippen molar-refractivity contribution in [2.45, 2.75) is 32.2 Å². The van der Waals surface area contributed by atoms with E-state index in [9.17, 15) is 0 Å². The minimum absolute atomic E-state index is 0.552. The number of hydrogen-bond acceptors (Lipinski definition) is 3. The number of ether oxygens (including phenoxy) is 1. The lowest BCUT2D eigenvalue weighted by Crippen LogP contribution is -2.17. The Balaban J connectivity index is 2.13. The predicted octanol–water partition coefficient (Wildman–Crippen LogP) is 1.19. The highest BCUT2D eigenvalue weighted by Crippen LogP contribution is 2.24. The van der Waals surface area contributed by atoms with Crippen LogP contribution in [0, 0.1) is 0 Å². The lowest BCUT2D eigenvalue weighted by molar-refractivity contribution is 0.0828. The molecule has 0 atom stereocenters. The SMILES string of the molecule is CCn1cnnc1C1CCOCC1. The molecule has 0 radical (unpaired) electrons. The maximum absolute atomic E-state index is 5.31. The van der Waals surface area contributed by atoms with Gasteiger partial charge >= 0.3 is 0 Å². The van der Waals surface area contributed by atoms with Crippen LogP contribution in [0.25, 0.3) is 0 Å². The van der Waals surface area contributed by atoms with E-state index in [-0.39, 0.29) is 0 Å². The molecule has 0 aliphatic carbocycles. The third-order valence-electron chi connectivity index (χ3n) is 2.57. The Labute approximate surface area is 77.9 Å². The fraction of sp³-hybridized carbons (Fsp3) is 0.778. The van der Waals surface area contributed by atoms with Crippen molar-refractivity contribution in [3.63, 3.8) is 0 Å². The van der Waals surface area contributed by atoms with E-state index in [4.69, 9.17) is 4.74 Å². The fourth-order valence-corrected chi connectivity index (χ4v) is 1.78. The van der Waals surface area contributed by atoms with Crippen LogP contribution in [0.4, 0.5) is 0 Å². The van der Waals surface area contributed by atoms with E-state index in [2.05, 4.69) is 21.7 Å². The third-order valence-corrected chi connectivity index (χ3v) is 2.57. The Bertz CT molecular complexity index is 266. The molecule has 0 N–H and O–H groups in total. The van der Waals surface area contributed by atoms with Crippen molar-refractivity contribution >= 4 is 0 Å². The summed E-state index contributed by atoms with van der Waals surface area (Å²) >= 11 is 0. The van der Waals surface area contributed by atoms with Gasteiger partial charge < -0.3 is 9.30 Å². The number of rotatable bonds is 2. The van der Waals surface area contributed by atoms with Crippen LogP contribution in [0.2, 0.25) is 0 Å². The molecule has 0 bridgehead atoms. The van der Waals surface area contributed by atoms with E-state index < -0.39 is 0 Å². The zero-order valence-electron chi connectivity index (χ0n) is 7.94. The van der Waals surface area contributed by atoms with Crippen LogP contribution in [0.3, 0.4) is 0 Å². The van der Waals surface area contributed by atoms with Crippen LogP contribution in [-0.2, 0) is 11.3 Å². The summed E-state index contributed by atoms with van der Waals surface area (Å²) in [6.07, 6.45) is 3.97. The van der Waals surface area contributed by atoms with Gasteiger partial charge in [0.15, 0.2) is 0 Å². The van der Waals surface area contributed by atoms with Crippen LogP contribution in [0.1, 0.15) is 31.5 Å². The average Bonchev–Trinajstić information content (AvgIpc) is 2.67. The number of aryl methyl sites for hydroxylation is 1. The average molecular weight is 181 g/mol. The summed E-state index contributed by atoms with van der Waals surface area (Å²) in [4.78, 5) is 0. The summed E-state index contributed by atoms with van der Waals surface area (Å²) in [6.45, 7) is 4.80. The van der Waals surface area contributed by atoms with Gasteiger partial charge in [-0.25, -0.2) is 0 Å². The first kappa shape index (κ1) is 8.69. The maximum atomic E-state index is 5.31. The topological polar surface area (TPSA) is 39.9 Å². The summed E-state index contributed by atoms with van der Waals surface area (Å²) < 4.78 is 7.43. The van der Waals surface area contributed by atoms with Gasteiger partial charge in [-0.05, 0) is 19.8 Å². The highest BCUT2D eigenvalue weighted by molar-refractivity contribution is 4.97. The predicted molar refractivity (Wildman–Crippen MR) is 48.5 cm³/mol. The molecular formula is C9H15N3O. The third kappa shape index (κ3) is 1.72. The van der Waals surface area contributed by atoms with Crippen molar-refractivity contribution in [2.24, 2.45) is 0 Å². The zero-order chi connectivity index (χ0) is 9.10.